The first-order chi connectivity index (χ1) is 7.20. The number of unbranched alkanes of at least 4 members (excludes halogenated alkanes) is 1. The van der Waals surface area contributed by atoms with Gasteiger partial charge < -0.3 is 4.43 Å². The molecular formula is C13H29IOSi. The van der Waals surface area contributed by atoms with Crippen LogP contribution in [0, 0.1) is 5.92 Å². The van der Waals surface area contributed by atoms with Gasteiger partial charge in [-0.2, -0.15) is 0 Å². The van der Waals surface area contributed by atoms with Crippen molar-refractivity contribution < 1.29 is 4.43 Å². The molecule has 1 unspecified atom stereocenters. The second-order valence-corrected chi connectivity index (χ2v) is 12.2. The van der Waals surface area contributed by atoms with Gasteiger partial charge in [0.1, 0.15) is 0 Å². The highest BCUT2D eigenvalue weighted by Crippen LogP contribution is 2.36. The minimum Gasteiger partial charge on any atom is -0.417 e. The molecule has 0 heterocycles. The molecular weight excluding hydrogens is 327 g/mol. The summed E-state index contributed by atoms with van der Waals surface area (Å²) in [4.78, 5) is 0. The summed E-state index contributed by atoms with van der Waals surface area (Å²) in [5, 5.41) is 0.342. The molecule has 0 fully saturated rings. The van der Waals surface area contributed by atoms with Gasteiger partial charge in [0.15, 0.2) is 8.32 Å². The van der Waals surface area contributed by atoms with Gasteiger partial charge in [-0.25, -0.2) is 0 Å². The van der Waals surface area contributed by atoms with Crippen molar-refractivity contribution in [3.8, 4) is 0 Å². The van der Waals surface area contributed by atoms with Gasteiger partial charge in [-0.15, -0.1) is 0 Å². The lowest BCUT2D eigenvalue weighted by Gasteiger charge is -2.37. The molecule has 0 aromatic carbocycles. The van der Waals surface area contributed by atoms with Gasteiger partial charge in [0, 0.05) is 6.61 Å². The highest BCUT2D eigenvalue weighted by Gasteiger charge is 2.37. The van der Waals surface area contributed by atoms with Gasteiger partial charge in [-0.05, 0) is 41.3 Å². The molecule has 0 aromatic heterocycles. The molecule has 0 radical (unpaired) electrons. The van der Waals surface area contributed by atoms with E-state index in [1.807, 2.05) is 0 Å². The third-order valence-corrected chi connectivity index (χ3v) is 8.88. The molecule has 0 aliphatic rings. The van der Waals surface area contributed by atoms with E-state index in [0.29, 0.717) is 5.04 Å². The van der Waals surface area contributed by atoms with Gasteiger partial charge in [-0.1, -0.05) is 56.7 Å². The van der Waals surface area contributed by atoms with Crippen molar-refractivity contribution in [2.45, 2.75) is 65.1 Å². The van der Waals surface area contributed by atoms with Gasteiger partial charge in [0.25, 0.3) is 0 Å². The van der Waals surface area contributed by atoms with Crippen LogP contribution in [0.5, 0.6) is 0 Å². The molecule has 0 saturated carbocycles. The zero-order valence-electron chi connectivity index (χ0n) is 11.9. The van der Waals surface area contributed by atoms with E-state index in [0.717, 1.165) is 12.5 Å². The maximum absolute atomic E-state index is 6.22. The molecule has 1 atom stereocenters. The molecule has 0 aromatic rings. The molecule has 1 nitrogen and oxygen atoms in total. The van der Waals surface area contributed by atoms with Crippen molar-refractivity contribution >= 4 is 30.9 Å². The van der Waals surface area contributed by atoms with E-state index >= 15 is 0 Å². The van der Waals surface area contributed by atoms with Crippen molar-refractivity contribution in [2.24, 2.45) is 5.92 Å². The maximum atomic E-state index is 6.22. The molecule has 0 saturated heterocycles. The number of hydrogen-bond donors (Lipinski definition) is 0. The van der Waals surface area contributed by atoms with Crippen molar-refractivity contribution in [3.63, 3.8) is 0 Å². The zero-order valence-corrected chi connectivity index (χ0v) is 15.1. The normalized spacial score (nSPS) is 15.2. The minimum atomic E-state index is -1.52. The predicted molar refractivity (Wildman–Crippen MR) is 85.1 cm³/mol. The summed E-state index contributed by atoms with van der Waals surface area (Å²) in [7, 11) is -1.52. The lowest BCUT2D eigenvalue weighted by molar-refractivity contribution is 0.229. The standard InChI is InChI=1S/C13H29IOSi/c1-12(9-7-8-10-14)11-15-16(5,6)13(2,3)4/h12H,7-11H2,1-6H3. The Balaban J connectivity index is 3.86. The fraction of sp³-hybridized carbons (Fsp3) is 1.00. The molecule has 16 heavy (non-hydrogen) atoms. The third-order valence-electron chi connectivity index (χ3n) is 3.62. The van der Waals surface area contributed by atoms with E-state index in [9.17, 15) is 0 Å². The van der Waals surface area contributed by atoms with Gasteiger partial charge in [0.2, 0.25) is 0 Å². The van der Waals surface area contributed by atoms with Gasteiger partial charge in [-0.3, -0.25) is 0 Å². The van der Waals surface area contributed by atoms with E-state index in [2.05, 4.69) is 63.4 Å². The Morgan fingerprint density at radius 2 is 1.75 bits per heavy atom. The van der Waals surface area contributed by atoms with E-state index in [1.54, 1.807) is 0 Å². The van der Waals surface area contributed by atoms with Gasteiger partial charge in [0.05, 0.1) is 0 Å². The Kier molecular flexibility index (Phi) is 7.78. The summed E-state index contributed by atoms with van der Waals surface area (Å²) in [6, 6.07) is 0. The Morgan fingerprint density at radius 1 is 1.19 bits per heavy atom. The average molecular weight is 356 g/mol. The summed E-state index contributed by atoms with van der Waals surface area (Å²) >= 11 is 2.45. The van der Waals surface area contributed by atoms with Crippen LogP contribution in [0.25, 0.3) is 0 Å². The van der Waals surface area contributed by atoms with Crippen molar-refractivity contribution in [2.75, 3.05) is 11.0 Å². The quantitative estimate of drug-likeness (QED) is 0.262. The topological polar surface area (TPSA) is 9.23 Å². The third kappa shape index (κ3) is 6.60. The summed E-state index contributed by atoms with van der Waals surface area (Å²) in [6.07, 6.45) is 4.02. The smallest absolute Gasteiger partial charge is 0.191 e. The fourth-order valence-electron chi connectivity index (χ4n) is 1.24. The van der Waals surface area contributed by atoms with Crippen LogP contribution >= 0.6 is 22.6 Å². The average Bonchev–Trinajstić information content (AvgIpc) is 2.13. The minimum absolute atomic E-state index is 0.342. The highest BCUT2D eigenvalue weighted by molar-refractivity contribution is 14.1. The SMILES string of the molecule is CC(CCCCI)CO[Si](C)(C)C(C)(C)C. The number of halogens is 1. The Bertz CT molecular complexity index is 187. The first-order valence-electron chi connectivity index (χ1n) is 6.40. The second kappa shape index (κ2) is 7.37. The fourth-order valence-corrected chi connectivity index (χ4v) is 2.91. The van der Waals surface area contributed by atoms with Crippen molar-refractivity contribution in [3.05, 3.63) is 0 Å². The lowest BCUT2D eigenvalue weighted by Crippen LogP contribution is -2.41. The first-order valence-corrected chi connectivity index (χ1v) is 10.8. The Hall–Kier alpha value is 0.907. The van der Waals surface area contributed by atoms with E-state index in [1.165, 1.54) is 23.7 Å². The van der Waals surface area contributed by atoms with Crippen LogP contribution in [-0.2, 0) is 4.43 Å². The van der Waals surface area contributed by atoms with Crippen LogP contribution in [-0.4, -0.2) is 19.4 Å². The van der Waals surface area contributed by atoms with Crippen LogP contribution in [0.4, 0.5) is 0 Å². The molecule has 0 aliphatic heterocycles. The first kappa shape index (κ1) is 16.9. The molecule has 3 heteroatoms. The van der Waals surface area contributed by atoms with Crippen LogP contribution in [0.1, 0.15) is 47.0 Å². The molecule has 0 aliphatic carbocycles. The van der Waals surface area contributed by atoms with Crippen LogP contribution < -0.4 is 0 Å². The molecule has 0 spiro atoms. The maximum Gasteiger partial charge on any atom is 0.191 e. The van der Waals surface area contributed by atoms with E-state index in [4.69, 9.17) is 4.43 Å². The number of rotatable bonds is 7. The van der Waals surface area contributed by atoms with Gasteiger partial charge >= 0.3 is 0 Å². The molecule has 0 rings (SSSR count). The van der Waals surface area contributed by atoms with Crippen LogP contribution in [0.15, 0.2) is 0 Å². The Morgan fingerprint density at radius 3 is 2.19 bits per heavy atom. The summed E-state index contributed by atoms with van der Waals surface area (Å²) in [5.41, 5.74) is 0. The summed E-state index contributed by atoms with van der Waals surface area (Å²) < 4.78 is 7.51. The predicted octanol–water partition coefficient (Wildman–Crippen LogP) is 5.25. The Labute approximate surface area is 117 Å². The molecule has 98 valence electrons. The summed E-state index contributed by atoms with van der Waals surface area (Å²) in [5.74, 6) is 0.720. The molecule has 0 N–H and O–H groups in total. The van der Waals surface area contributed by atoms with Crippen LogP contribution in [0.2, 0.25) is 18.1 Å². The summed E-state index contributed by atoms with van der Waals surface area (Å²) in [6.45, 7) is 14.9. The van der Waals surface area contributed by atoms with Crippen LogP contribution in [0.3, 0.4) is 0 Å². The van der Waals surface area contributed by atoms with E-state index in [-0.39, 0.29) is 0 Å². The van der Waals surface area contributed by atoms with Crippen molar-refractivity contribution in [1.82, 2.24) is 0 Å². The molecule has 0 amide bonds. The largest absolute Gasteiger partial charge is 0.417 e. The zero-order chi connectivity index (χ0) is 12.8. The lowest BCUT2D eigenvalue weighted by atomic mass is 10.1. The number of alkyl halides is 1. The van der Waals surface area contributed by atoms with Crippen molar-refractivity contribution in [1.29, 1.82) is 0 Å². The molecule has 0 bridgehead atoms. The second-order valence-electron chi connectivity index (χ2n) is 6.36. The monoisotopic (exact) mass is 356 g/mol. The number of hydrogen-bond acceptors (Lipinski definition) is 1. The van der Waals surface area contributed by atoms with E-state index < -0.39 is 8.32 Å². The highest BCUT2D eigenvalue weighted by atomic mass is 127.